The molecule has 0 radical (unpaired) electrons. The van der Waals surface area contributed by atoms with E-state index in [0.29, 0.717) is 38.5 Å². The van der Waals surface area contributed by atoms with Gasteiger partial charge in [0.2, 0.25) is 0 Å². The van der Waals surface area contributed by atoms with E-state index in [9.17, 15) is 30.6 Å². The van der Waals surface area contributed by atoms with Gasteiger partial charge in [0.25, 0.3) is 0 Å². The first-order valence-electron chi connectivity index (χ1n) is 23.7. The molecule has 0 unspecified atom stereocenters. The standard InChI is InChI=1S/C47H94O6/c48-39-33-45(34-40-49)31-29-27-25-23-21-19-17-15-13-11-9-7-5-3-1-2-4-6-8-10-12-14-16-18-20-22-24-26-28-30-32-46(35-41-50,36-42-51)47(45,37-43-52)38-44-53/h48-53H,1-44H2. The molecule has 6 nitrogen and oxygen atoms in total. The third kappa shape index (κ3) is 20.7. The normalized spacial score (nSPS) is 23.0. The number of aliphatic hydroxyl groups excluding tert-OH is 6. The first-order chi connectivity index (χ1) is 26.1. The van der Waals surface area contributed by atoms with Crippen LogP contribution in [-0.2, 0) is 0 Å². The zero-order valence-electron chi connectivity index (χ0n) is 35.3. The van der Waals surface area contributed by atoms with E-state index >= 15 is 0 Å². The first kappa shape index (κ1) is 50.8. The topological polar surface area (TPSA) is 121 Å². The van der Waals surface area contributed by atoms with Gasteiger partial charge in [-0.05, 0) is 67.6 Å². The van der Waals surface area contributed by atoms with Crippen LogP contribution in [0.1, 0.15) is 244 Å². The van der Waals surface area contributed by atoms with Crippen molar-refractivity contribution in [2.45, 2.75) is 244 Å². The Balaban J connectivity index is 3.04. The third-order valence-corrected chi connectivity index (χ3v) is 14.0. The second-order valence-corrected chi connectivity index (χ2v) is 17.6. The van der Waals surface area contributed by atoms with Gasteiger partial charge in [-0.1, -0.05) is 193 Å². The van der Waals surface area contributed by atoms with Gasteiger partial charge in [-0.3, -0.25) is 0 Å². The van der Waals surface area contributed by atoms with Crippen molar-refractivity contribution in [1.29, 1.82) is 0 Å². The van der Waals surface area contributed by atoms with Crippen LogP contribution in [0.3, 0.4) is 0 Å². The highest BCUT2D eigenvalue weighted by Crippen LogP contribution is 2.65. The zero-order chi connectivity index (χ0) is 38.6. The van der Waals surface area contributed by atoms with E-state index in [1.807, 2.05) is 0 Å². The Morgan fingerprint density at radius 1 is 0.208 bits per heavy atom. The summed E-state index contributed by atoms with van der Waals surface area (Å²) in [6.07, 6.45) is 43.9. The Labute approximate surface area is 329 Å². The van der Waals surface area contributed by atoms with E-state index in [1.54, 1.807) is 0 Å². The average Bonchev–Trinajstić information content (AvgIpc) is 3.15. The van der Waals surface area contributed by atoms with Crippen molar-refractivity contribution >= 4 is 0 Å². The fourth-order valence-electron chi connectivity index (χ4n) is 11.0. The minimum absolute atomic E-state index is 0.0209. The molecule has 318 valence electrons. The highest BCUT2D eigenvalue weighted by atomic mass is 16.3. The molecule has 6 N–H and O–H groups in total. The van der Waals surface area contributed by atoms with Crippen LogP contribution in [0.15, 0.2) is 0 Å². The lowest BCUT2D eigenvalue weighted by molar-refractivity contribution is -0.159. The largest absolute Gasteiger partial charge is 0.396 e. The van der Waals surface area contributed by atoms with E-state index in [-0.39, 0.29) is 39.6 Å². The summed E-state index contributed by atoms with van der Waals surface area (Å²) >= 11 is 0. The first-order valence-corrected chi connectivity index (χ1v) is 23.7. The van der Waals surface area contributed by atoms with Crippen molar-refractivity contribution in [1.82, 2.24) is 0 Å². The minimum atomic E-state index is -0.628. The van der Waals surface area contributed by atoms with Gasteiger partial charge in [0.1, 0.15) is 0 Å². The molecule has 0 heterocycles. The second kappa shape index (κ2) is 35.0. The van der Waals surface area contributed by atoms with Crippen LogP contribution < -0.4 is 0 Å². The molecule has 1 fully saturated rings. The Bertz CT molecular complexity index is 685. The molecule has 6 heteroatoms. The fraction of sp³-hybridized carbons (Fsp3) is 1.00. The van der Waals surface area contributed by atoms with E-state index in [0.717, 1.165) is 38.5 Å². The summed E-state index contributed by atoms with van der Waals surface area (Å²) in [5, 5.41) is 63.7. The van der Waals surface area contributed by atoms with Crippen LogP contribution in [0.4, 0.5) is 0 Å². The predicted molar refractivity (Wildman–Crippen MR) is 225 cm³/mol. The lowest BCUT2D eigenvalue weighted by Crippen LogP contribution is -2.56. The molecule has 0 amide bonds. The van der Waals surface area contributed by atoms with Crippen molar-refractivity contribution in [3.63, 3.8) is 0 Å². The Kier molecular flexibility index (Phi) is 33.5. The van der Waals surface area contributed by atoms with Crippen LogP contribution in [0.5, 0.6) is 0 Å². The molecule has 0 aromatic heterocycles. The van der Waals surface area contributed by atoms with E-state index in [4.69, 9.17) is 0 Å². The summed E-state index contributed by atoms with van der Waals surface area (Å²) in [4.78, 5) is 0. The van der Waals surface area contributed by atoms with Crippen molar-refractivity contribution < 1.29 is 30.6 Å². The third-order valence-electron chi connectivity index (χ3n) is 14.0. The average molecular weight is 755 g/mol. The van der Waals surface area contributed by atoms with Crippen molar-refractivity contribution in [3.8, 4) is 0 Å². The van der Waals surface area contributed by atoms with Crippen molar-refractivity contribution in [2.75, 3.05) is 39.6 Å². The maximum atomic E-state index is 10.7. The van der Waals surface area contributed by atoms with Crippen molar-refractivity contribution in [2.24, 2.45) is 16.2 Å². The molecule has 0 aromatic carbocycles. The molecule has 1 rings (SSSR count). The summed E-state index contributed by atoms with van der Waals surface area (Å²) in [5.74, 6) is 0. The van der Waals surface area contributed by atoms with Gasteiger partial charge < -0.3 is 30.6 Å². The van der Waals surface area contributed by atoms with Gasteiger partial charge >= 0.3 is 0 Å². The number of rotatable bonds is 12. The van der Waals surface area contributed by atoms with Crippen LogP contribution in [0, 0.1) is 16.2 Å². The van der Waals surface area contributed by atoms with Crippen LogP contribution in [0.25, 0.3) is 0 Å². The molecule has 1 aliphatic rings. The van der Waals surface area contributed by atoms with Gasteiger partial charge in [0.05, 0.1) is 0 Å². The number of hydrogen-bond donors (Lipinski definition) is 6. The Hall–Kier alpha value is -0.240. The molecule has 0 spiro atoms. The quantitative estimate of drug-likeness (QED) is 0.118. The summed E-state index contributed by atoms with van der Waals surface area (Å²) in [7, 11) is 0. The van der Waals surface area contributed by atoms with E-state index in [2.05, 4.69) is 0 Å². The highest BCUT2D eigenvalue weighted by molar-refractivity contribution is 5.08. The zero-order valence-corrected chi connectivity index (χ0v) is 35.3. The van der Waals surface area contributed by atoms with Gasteiger partial charge in [-0.25, -0.2) is 0 Å². The molecule has 0 bridgehead atoms. The highest BCUT2D eigenvalue weighted by Gasteiger charge is 2.59. The molecule has 0 aromatic rings. The lowest BCUT2D eigenvalue weighted by atomic mass is 9.42. The maximum absolute atomic E-state index is 10.7. The summed E-state index contributed by atoms with van der Waals surface area (Å²) in [5.41, 5.74) is -1.65. The van der Waals surface area contributed by atoms with Crippen molar-refractivity contribution in [3.05, 3.63) is 0 Å². The van der Waals surface area contributed by atoms with Crippen LogP contribution in [-0.4, -0.2) is 70.3 Å². The lowest BCUT2D eigenvalue weighted by Gasteiger charge is -2.62. The molecule has 1 aliphatic carbocycles. The molecule has 0 aliphatic heterocycles. The molecule has 0 saturated heterocycles. The van der Waals surface area contributed by atoms with E-state index in [1.165, 1.54) is 167 Å². The summed E-state index contributed by atoms with van der Waals surface area (Å²) in [6, 6.07) is 0. The number of hydrogen-bond acceptors (Lipinski definition) is 6. The second-order valence-electron chi connectivity index (χ2n) is 17.6. The van der Waals surface area contributed by atoms with Crippen LogP contribution >= 0.6 is 0 Å². The molecule has 53 heavy (non-hydrogen) atoms. The molecule has 0 atom stereocenters. The SMILES string of the molecule is OCCC1(CCO)CCCCCCCCCCCCCCCCCCCCCCCCCCCCCCCCC(CCO)(CCO)C1(CCO)CCO. The van der Waals surface area contributed by atoms with Crippen LogP contribution in [0.2, 0.25) is 0 Å². The predicted octanol–water partition coefficient (Wildman–Crippen LogP) is 11.7. The molecular weight excluding hydrogens is 661 g/mol. The Morgan fingerprint density at radius 2 is 0.358 bits per heavy atom. The molecule has 1 saturated carbocycles. The van der Waals surface area contributed by atoms with Gasteiger partial charge in [0, 0.05) is 39.6 Å². The smallest absolute Gasteiger partial charge is 0.0436 e. The maximum Gasteiger partial charge on any atom is 0.0436 e. The fourth-order valence-corrected chi connectivity index (χ4v) is 11.0. The van der Waals surface area contributed by atoms with E-state index < -0.39 is 16.2 Å². The summed E-state index contributed by atoms with van der Waals surface area (Å²) < 4.78 is 0. The van der Waals surface area contributed by atoms with Gasteiger partial charge in [0.15, 0.2) is 0 Å². The monoisotopic (exact) mass is 755 g/mol. The minimum Gasteiger partial charge on any atom is -0.396 e. The number of aliphatic hydroxyl groups is 6. The van der Waals surface area contributed by atoms with Gasteiger partial charge in [-0.2, -0.15) is 0 Å². The summed E-state index contributed by atoms with van der Waals surface area (Å²) in [6.45, 7) is -0.200. The van der Waals surface area contributed by atoms with Gasteiger partial charge in [-0.15, -0.1) is 0 Å². The Morgan fingerprint density at radius 3 is 0.509 bits per heavy atom. The molecular formula is C47H94O6.